The molecule has 0 fully saturated rings. The minimum atomic E-state index is -3.45. The van der Waals surface area contributed by atoms with Gasteiger partial charge in [-0.1, -0.05) is 6.92 Å². The largest absolute Gasteiger partial charge is 0.315 e. The molecule has 0 amide bonds. The molecule has 1 heterocycles. The maximum absolute atomic E-state index is 12.4. The normalized spacial score (nSPS) is 13.6. The summed E-state index contributed by atoms with van der Waals surface area (Å²) in [5, 5.41) is 3.02. The number of nitrogens with one attached hydrogen (secondary N) is 2. The molecule has 1 aromatic heterocycles. The lowest BCUT2D eigenvalue weighted by atomic mass is 10.3. The van der Waals surface area contributed by atoms with Crippen LogP contribution in [0.2, 0.25) is 0 Å². The van der Waals surface area contributed by atoms with E-state index in [-0.39, 0.29) is 6.04 Å². The van der Waals surface area contributed by atoms with Crippen molar-refractivity contribution in [3.8, 4) is 0 Å². The maximum Gasteiger partial charge on any atom is 0.242 e. The van der Waals surface area contributed by atoms with E-state index in [2.05, 4.69) is 32.9 Å². The third-order valence-corrected chi connectivity index (χ3v) is 7.38. The van der Waals surface area contributed by atoms with Crippen molar-refractivity contribution in [2.75, 3.05) is 18.6 Å². The Morgan fingerprint density at radius 3 is 2.80 bits per heavy atom. The van der Waals surface area contributed by atoms with E-state index < -0.39 is 10.0 Å². The van der Waals surface area contributed by atoms with Gasteiger partial charge < -0.3 is 5.32 Å². The Labute approximate surface area is 138 Å². The number of halogens is 1. The molecule has 1 atom stereocenters. The Bertz CT molecular complexity index is 517. The van der Waals surface area contributed by atoms with Crippen LogP contribution in [0.25, 0.3) is 0 Å². The van der Waals surface area contributed by atoms with Gasteiger partial charge in [0, 0.05) is 17.5 Å². The number of rotatable bonds is 9. The zero-order valence-corrected chi connectivity index (χ0v) is 15.9. The molecule has 0 saturated heterocycles. The van der Waals surface area contributed by atoms with Gasteiger partial charge in [-0.05, 0) is 53.9 Å². The van der Waals surface area contributed by atoms with Crippen LogP contribution in [-0.4, -0.2) is 33.0 Å². The zero-order chi connectivity index (χ0) is 15.2. The Morgan fingerprint density at radius 2 is 2.20 bits per heavy atom. The molecule has 0 radical (unpaired) electrons. The van der Waals surface area contributed by atoms with Crippen LogP contribution in [-0.2, 0) is 16.6 Å². The molecular formula is C12H21BrN2O2S3. The van der Waals surface area contributed by atoms with Crippen molar-refractivity contribution in [2.24, 2.45) is 0 Å². The van der Waals surface area contributed by atoms with Gasteiger partial charge in [0.05, 0.1) is 3.79 Å². The van der Waals surface area contributed by atoms with Crippen molar-refractivity contribution in [3.05, 3.63) is 14.7 Å². The Morgan fingerprint density at radius 1 is 1.50 bits per heavy atom. The first-order valence-corrected chi connectivity index (χ1v) is 10.7. The molecule has 0 aliphatic heterocycles. The van der Waals surface area contributed by atoms with Crippen LogP contribution >= 0.6 is 39.0 Å². The number of sulfonamides is 1. The average Bonchev–Trinajstić information content (AvgIpc) is 2.71. The van der Waals surface area contributed by atoms with E-state index in [9.17, 15) is 8.42 Å². The number of thiophene rings is 1. The predicted molar refractivity (Wildman–Crippen MR) is 92.2 cm³/mol. The molecule has 4 nitrogen and oxygen atoms in total. The molecule has 1 rings (SSSR count). The fourth-order valence-electron chi connectivity index (χ4n) is 1.63. The fourth-order valence-corrected chi connectivity index (χ4v) is 6.42. The van der Waals surface area contributed by atoms with E-state index in [1.807, 2.05) is 25.7 Å². The number of thioether (sulfide) groups is 1. The minimum absolute atomic E-state index is 0.0569. The van der Waals surface area contributed by atoms with Gasteiger partial charge in [-0.2, -0.15) is 11.8 Å². The Balaban J connectivity index is 2.72. The van der Waals surface area contributed by atoms with Gasteiger partial charge in [-0.3, -0.25) is 0 Å². The highest BCUT2D eigenvalue weighted by molar-refractivity contribution is 9.11. The highest BCUT2D eigenvalue weighted by atomic mass is 79.9. The van der Waals surface area contributed by atoms with Crippen LogP contribution in [0.15, 0.2) is 14.7 Å². The second-order valence-electron chi connectivity index (χ2n) is 4.39. The maximum atomic E-state index is 12.4. The van der Waals surface area contributed by atoms with Crippen LogP contribution in [0.4, 0.5) is 0 Å². The highest BCUT2D eigenvalue weighted by Gasteiger charge is 2.22. The summed E-state index contributed by atoms with van der Waals surface area (Å²) in [6, 6.07) is 1.67. The van der Waals surface area contributed by atoms with E-state index in [0.29, 0.717) is 15.2 Å². The average molecular weight is 401 g/mol. The molecule has 0 saturated carbocycles. The molecule has 0 aliphatic rings. The van der Waals surface area contributed by atoms with Crippen LogP contribution < -0.4 is 10.0 Å². The molecule has 1 unspecified atom stereocenters. The molecule has 1 aromatic rings. The van der Waals surface area contributed by atoms with Crippen molar-refractivity contribution in [1.29, 1.82) is 0 Å². The summed E-state index contributed by atoms with van der Waals surface area (Å²) in [6.07, 6.45) is 0.836. The lowest BCUT2D eigenvalue weighted by molar-refractivity contribution is 0.557. The fraction of sp³-hybridized carbons (Fsp3) is 0.667. The molecule has 2 N–H and O–H groups in total. The van der Waals surface area contributed by atoms with Crippen molar-refractivity contribution < 1.29 is 8.42 Å². The van der Waals surface area contributed by atoms with E-state index in [1.165, 1.54) is 11.3 Å². The predicted octanol–water partition coefficient (Wildman–Crippen LogP) is 3.04. The summed E-state index contributed by atoms with van der Waals surface area (Å²) in [5.74, 6) is 2.03. The van der Waals surface area contributed by atoms with E-state index in [1.54, 1.807) is 6.07 Å². The third-order valence-electron chi connectivity index (χ3n) is 2.60. The van der Waals surface area contributed by atoms with E-state index in [4.69, 9.17) is 0 Å². The van der Waals surface area contributed by atoms with Crippen LogP contribution in [0.5, 0.6) is 0 Å². The lowest BCUT2D eigenvalue weighted by Gasteiger charge is -2.13. The van der Waals surface area contributed by atoms with Crippen molar-refractivity contribution in [2.45, 2.75) is 37.8 Å². The topological polar surface area (TPSA) is 58.2 Å². The second kappa shape index (κ2) is 8.75. The van der Waals surface area contributed by atoms with Crippen LogP contribution in [0.1, 0.15) is 25.1 Å². The van der Waals surface area contributed by atoms with Gasteiger partial charge >= 0.3 is 0 Å². The molecule has 0 aromatic carbocycles. The first-order valence-electron chi connectivity index (χ1n) is 6.43. The summed E-state index contributed by atoms with van der Waals surface area (Å²) in [4.78, 5) is 1.33. The van der Waals surface area contributed by atoms with Crippen LogP contribution in [0.3, 0.4) is 0 Å². The molecule has 0 spiro atoms. The van der Waals surface area contributed by atoms with Gasteiger partial charge in [-0.25, -0.2) is 13.1 Å². The van der Waals surface area contributed by atoms with Gasteiger partial charge in [-0.15, -0.1) is 11.3 Å². The third kappa shape index (κ3) is 5.65. The van der Waals surface area contributed by atoms with E-state index >= 15 is 0 Å². The van der Waals surface area contributed by atoms with E-state index in [0.717, 1.165) is 22.8 Å². The van der Waals surface area contributed by atoms with Crippen molar-refractivity contribution in [3.63, 3.8) is 0 Å². The molecule has 116 valence electrons. The second-order valence-corrected chi connectivity index (χ2v) is 9.92. The molecule has 8 heteroatoms. The number of hydrogen-bond donors (Lipinski definition) is 2. The first-order chi connectivity index (χ1) is 9.40. The molecular weight excluding hydrogens is 380 g/mol. The summed E-state index contributed by atoms with van der Waals surface area (Å²) in [6.45, 7) is 4.68. The lowest BCUT2D eigenvalue weighted by Crippen LogP contribution is -2.33. The summed E-state index contributed by atoms with van der Waals surface area (Å²) in [7, 11) is -1.61. The SMILES string of the molecule is CCSCCC(C)NS(=O)(=O)c1cc(CNC)sc1Br. The van der Waals surface area contributed by atoms with Gasteiger partial charge in [0.15, 0.2) is 0 Å². The minimum Gasteiger partial charge on any atom is -0.315 e. The van der Waals surface area contributed by atoms with Crippen molar-refractivity contribution in [1.82, 2.24) is 10.0 Å². The van der Waals surface area contributed by atoms with Gasteiger partial charge in [0.1, 0.15) is 4.90 Å². The monoisotopic (exact) mass is 400 g/mol. The standard InChI is InChI=1S/C12H21BrN2O2S3/c1-4-18-6-5-9(2)15-20(16,17)11-7-10(8-14-3)19-12(11)13/h7,9,14-15H,4-6,8H2,1-3H3. The zero-order valence-electron chi connectivity index (χ0n) is 11.9. The molecule has 0 aliphatic carbocycles. The Kier molecular flexibility index (Phi) is 8.07. The van der Waals surface area contributed by atoms with Gasteiger partial charge in [0.2, 0.25) is 10.0 Å². The molecule has 20 heavy (non-hydrogen) atoms. The smallest absolute Gasteiger partial charge is 0.242 e. The summed E-state index contributed by atoms with van der Waals surface area (Å²) in [5.41, 5.74) is 0. The molecule has 0 bridgehead atoms. The van der Waals surface area contributed by atoms with Crippen LogP contribution in [0, 0.1) is 0 Å². The Hall–Kier alpha value is 0.400. The quantitative estimate of drug-likeness (QED) is 0.625. The highest BCUT2D eigenvalue weighted by Crippen LogP contribution is 2.31. The first kappa shape index (κ1) is 18.4. The summed E-state index contributed by atoms with van der Waals surface area (Å²) >= 11 is 6.61. The van der Waals surface area contributed by atoms with Gasteiger partial charge in [0.25, 0.3) is 0 Å². The number of hydrogen-bond acceptors (Lipinski definition) is 5. The summed E-state index contributed by atoms with van der Waals surface area (Å²) < 4.78 is 28.1. The van der Waals surface area contributed by atoms with Crippen molar-refractivity contribution >= 4 is 49.1 Å².